The third-order valence-electron chi connectivity index (χ3n) is 6.77. The molecule has 4 aromatic rings. The topological polar surface area (TPSA) is 74.6 Å². The molecule has 1 unspecified atom stereocenters. The van der Waals surface area contributed by atoms with Crippen LogP contribution in [0.4, 0.5) is 5.69 Å². The second-order valence-corrected chi connectivity index (χ2v) is 9.59. The fourth-order valence-corrected chi connectivity index (χ4v) is 5.24. The first-order valence-electron chi connectivity index (χ1n) is 11.2. The van der Waals surface area contributed by atoms with E-state index in [0.29, 0.717) is 34.1 Å². The molecule has 1 atom stereocenters. The van der Waals surface area contributed by atoms with E-state index in [1.165, 1.54) is 0 Å². The van der Waals surface area contributed by atoms with Gasteiger partial charge < -0.3 is 19.9 Å². The van der Waals surface area contributed by atoms with Crippen LogP contribution < -0.4 is 10.2 Å². The Morgan fingerprint density at radius 3 is 2.40 bits per heavy atom. The molecule has 178 valence electrons. The molecule has 0 spiro atoms. The number of carboxylic acids is 1. The molecule has 0 bridgehead atoms. The van der Waals surface area contributed by atoms with Crippen molar-refractivity contribution in [2.75, 3.05) is 18.0 Å². The molecule has 8 heteroatoms. The van der Waals surface area contributed by atoms with Gasteiger partial charge in [-0.3, -0.25) is 4.79 Å². The number of halogens is 2. The van der Waals surface area contributed by atoms with Gasteiger partial charge in [0.2, 0.25) is 0 Å². The number of benzene rings is 3. The van der Waals surface area contributed by atoms with Crippen molar-refractivity contribution in [3.8, 4) is 0 Å². The van der Waals surface area contributed by atoms with Crippen LogP contribution in [-0.2, 0) is 12.6 Å². The van der Waals surface area contributed by atoms with E-state index in [1.54, 1.807) is 41.0 Å². The van der Waals surface area contributed by atoms with Gasteiger partial charge in [-0.15, -0.1) is 0 Å². The highest BCUT2D eigenvalue weighted by Crippen LogP contribution is 2.36. The number of anilines is 1. The molecule has 1 fully saturated rings. The van der Waals surface area contributed by atoms with Crippen molar-refractivity contribution in [1.29, 1.82) is 0 Å². The number of aromatic nitrogens is 1. The minimum atomic E-state index is -0.988. The molecular weight excluding hydrogens is 485 g/mol. The Morgan fingerprint density at radius 2 is 1.71 bits per heavy atom. The molecule has 35 heavy (non-hydrogen) atoms. The minimum Gasteiger partial charge on any atom is -0.478 e. The molecular formula is C27H23Cl2N3O3. The maximum atomic E-state index is 13.7. The molecule has 0 aliphatic carbocycles. The van der Waals surface area contributed by atoms with Crippen molar-refractivity contribution in [3.05, 3.63) is 99.7 Å². The average molecular weight is 508 g/mol. The fraction of sp³-hybridized carbons (Fsp3) is 0.185. The second-order valence-electron chi connectivity index (χ2n) is 8.81. The Kier molecular flexibility index (Phi) is 5.95. The number of nitrogens with zero attached hydrogens (tertiary/aromatic N) is 2. The number of para-hydroxylation sites is 1. The summed E-state index contributed by atoms with van der Waals surface area (Å²) in [6.07, 6.45) is 0.663. The number of carbonyl (C=O) groups is 2. The molecule has 1 amide bonds. The van der Waals surface area contributed by atoms with Crippen molar-refractivity contribution >= 4 is 51.7 Å². The lowest BCUT2D eigenvalue weighted by molar-refractivity contribution is 0.0696. The van der Waals surface area contributed by atoms with Gasteiger partial charge in [0.15, 0.2) is 0 Å². The van der Waals surface area contributed by atoms with E-state index in [4.69, 9.17) is 23.2 Å². The van der Waals surface area contributed by atoms with Crippen LogP contribution in [0.3, 0.4) is 0 Å². The lowest BCUT2D eigenvalue weighted by Gasteiger charge is -2.32. The number of hydrogen-bond acceptors (Lipinski definition) is 3. The van der Waals surface area contributed by atoms with Gasteiger partial charge >= 0.3 is 5.97 Å². The number of carboxylic acid groups (broad SMARTS) is 1. The van der Waals surface area contributed by atoms with Gasteiger partial charge in [0.25, 0.3) is 5.91 Å². The highest BCUT2D eigenvalue weighted by molar-refractivity contribution is 6.45. The van der Waals surface area contributed by atoms with Crippen LogP contribution in [0.2, 0.25) is 10.0 Å². The number of nitrogens with one attached hydrogen (secondary N) is 1. The Morgan fingerprint density at radius 1 is 1.00 bits per heavy atom. The van der Waals surface area contributed by atoms with Gasteiger partial charge in [0.1, 0.15) is 5.69 Å². The molecule has 1 aliphatic heterocycles. The van der Waals surface area contributed by atoms with Crippen molar-refractivity contribution in [3.63, 3.8) is 0 Å². The lowest BCUT2D eigenvalue weighted by Crippen LogP contribution is -2.48. The minimum absolute atomic E-state index is 0.202. The number of fused-ring (bicyclic) bond motifs is 1. The molecule has 6 nitrogen and oxygen atoms in total. The molecule has 5 rings (SSSR count). The van der Waals surface area contributed by atoms with Crippen LogP contribution in [0.25, 0.3) is 10.9 Å². The van der Waals surface area contributed by atoms with Crippen molar-refractivity contribution in [2.45, 2.75) is 12.0 Å². The van der Waals surface area contributed by atoms with Crippen LogP contribution >= 0.6 is 23.2 Å². The molecule has 1 saturated heterocycles. The summed E-state index contributed by atoms with van der Waals surface area (Å²) in [6.45, 7) is 1.28. The number of hydrogen-bond donors (Lipinski definition) is 2. The number of aromatic carboxylic acids is 1. The first-order chi connectivity index (χ1) is 16.8. The van der Waals surface area contributed by atoms with Gasteiger partial charge in [-0.1, -0.05) is 53.5 Å². The highest BCUT2D eigenvalue weighted by Gasteiger charge is 2.41. The Bertz CT molecular complexity index is 1430. The third-order valence-corrected chi connectivity index (χ3v) is 7.59. The smallest absolute Gasteiger partial charge is 0.335 e. The maximum Gasteiger partial charge on any atom is 0.335 e. The summed E-state index contributed by atoms with van der Waals surface area (Å²) in [6, 6.07) is 22.1. The largest absolute Gasteiger partial charge is 0.478 e. The van der Waals surface area contributed by atoms with Gasteiger partial charge in [0, 0.05) is 36.7 Å². The third kappa shape index (κ3) is 4.13. The number of rotatable bonds is 5. The molecule has 3 aromatic carbocycles. The van der Waals surface area contributed by atoms with Crippen molar-refractivity contribution < 1.29 is 14.7 Å². The first kappa shape index (κ1) is 23.3. The maximum absolute atomic E-state index is 13.7. The monoisotopic (exact) mass is 507 g/mol. The van der Waals surface area contributed by atoms with E-state index in [-0.39, 0.29) is 11.5 Å². The molecule has 0 radical (unpaired) electrons. The van der Waals surface area contributed by atoms with Crippen LogP contribution in [0.5, 0.6) is 0 Å². The van der Waals surface area contributed by atoms with E-state index in [1.807, 2.05) is 43.4 Å². The molecule has 1 aliphatic rings. The van der Waals surface area contributed by atoms with Crippen molar-refractivity contribution in [2.24, 2.45) is 7.05 Å². The van der Waals surface area contributed by atoms with Crippen LogP contribution in [0.15, 0.2) is 72.8 Å². The van der Waals surface area contributed by atoms with Gasteiger partial charge in [-0.2, -0.15) is 0 Å². The number of carbonyl (C=O) groups excluding carboxylic acids is 1. The predicted molar refractivity (Wildman–Crippen MR) is 139 cm³/mol. The normalized spacial score (nSPS) is 17.6. The van der Waals surface area contributed by atoms with E-state index < -0.39 is 11.5 Å². The average Bonchev–Trinajstić information content (AvgIpc) is 3.44. The Labute approximate surface area is 212 Å². The van der Waals surface area contributed by atoms with Crippen LogP contribution in [0, 0.1) is 0 Å². The lowest BCUT2D eigenvalue weighted by atomic mass is 9.88. The number of amides is 1. The second kappa shape index (κ2) is 8.95. The molecule has 1 aromatic heterocycles. The van der Waals surface area contributed by atoms with Crippen LogP contribution in [0.1, 0.15) is 32.8 Å². The van der Waals surface area contributed by atoms with Gasteiger partial charge in [0.05, 0.1) is 21.1 Å². The van der Waals surface area contributed by atoms with Gasteiger partial charge in [-0.05, 0) is 54.4 Å². The zero-order valence-corrected chi connectivity index (χ0v) is 20.5. The molecule has 0 saturated carbocycles. The summed E-state index contributed by atoms with van der Waals surface area (Å²) in [5.74, 6) is -1.23. The van der Waals surface area contributed by atoms with E-state index in [2.05, 4.69) is 10.2 Å². The Balaban J connectivity index is 1.53. The van der Waals surface area contributed by atoms with E-state index >= 15 is 0 Å². The summed E-state index contributed by atoms with van der Waals surface area (Å²) in [7, 11) is 1.82. The first-order valence-corrected chi connectivity index (χ1v) is 11.9. The zero-order chi connectivity index (χ0) is 24.7. The summed E-state index contributed by atoms with van der Waals surface area (Å²) in [5, 5.41) is 14.2. The standard InChI is InChI=1S/C27H23Cl2N3O3/c1-31-22-12-11-21(28)24(29)20(22)15-23(31)25(33)30-27(18-9-7-17(8-10-18)26(34)35)13-14-32(16-27)19-5-3-2-4-6-19/h2-12,15H,13-14,16H2,1H3,(H,30,33)(H,34,35). The van der Waals surface area contributed by atoms with Gasteiger partial charge in [-0.25, -0.2) is 4.79 Å². The summed E-state index contributed by atoms with van der Waals surface area (Å²) in [4.78, 5) is 27.3. The highest BCUT2D eigenvalue weighted by atomic mass is 35.5. The summed E-state index contributed by atoms with van der Waals surface area (Å²) < 4.78 is 1.80. The van der Waals surface area contributed by atoms with E-state index in [9.17, 15) is 14.7 Å². The van der Waals surface area contributed by atoms with E-state index in [0.717, 1.165) is 23.3 Å². The SMILES string of the molecule is Cn1c(C(=O)NC2(c3ccc(C(=O)O)cc3)CCN(c3ccccc3)C2)cc2c(Cl)c(Cl)ccc21. The summed E-state index contributed by atoms with van der Waals surface area (Å²) in [5.41, 5.74) is 2.69. The summed E-state index contributed by atoms with van der Waals surface area (Å²) >= 11 is 12.6. The predicted octanol–water partition coefficient (Wildman–Crippen LogP) is 5.72. The number of aryl methyl sites for hydroxylation is 1. The quantitative estimate of drug-likeness (QED) is 0.362. The zero-order valence-electron chi connectivity index (χ0n) is 19.0. The Hall–Kier alpha value is -3.48. The van der Waals surface area contributed by atoms with Crippen molar-refractivity contribution in [1.82, 2.24) is 9.88 Å². The fourth-order valence-electron chi connectivity index (χ4n) is 4.86. The molecule has 2 N–H and O–H groups in total. The van der Waals surface area contributed by atoms with Crippen LogP contribution in [-0.4, -0.2) is 34.6 Å². The molecule has 2 heterocycles.